The number of carboxylic acid groups (broad SMARTS) is 1. The van der Waals surface area contributed by atoms with E-state index in [1.54, 1.807) is 6.20 Å². The van der Waals surface area contributed by atoms with Gasteiger partial charge in [0.1, 0.15) is 5.15 Å². The summed E-state index contributed by atoms with van der Waals surface area (Å²) in [4.78, 5) is 21.9. The lowest BCUT2D eigenvalue weighted by atomic mass is 9.82. The van der Waals surface area contributed by atoms with Crippen LogP contribution in [0.1, 0.15) is 81.4 Å². The van der Waals surface area contributed by atoms with E-state index in [9.17, 15) is 9.90 Å². The lowest BCUT2D eigenvalue weighted by Gasteiger charge is -2.40. The molecule has 2 aliphatic heterocycles. The molecule has 1 saturated heterocycles. The molecule has 8 heteroatoms. The predicted molar refractivity (Wildman–Crippen MR) is 175 cm³/mol. The van der Waals surface area contributed by atoms with Crippen LogP contribution in [0.5, 0.6) is 0 Å². The first-order valence-electron chi connectivity index (χ1n) is 15.1. The molecular formula is C35H43Cl2N3O3. The highest BCUT2D eigenvalue weighted by Crippen LogP contribution is 2.45. The van der Waals surface area contributed by atoms with E-state index in [4.69, 9.17) is 27.9 Å². The molecule has 0 bridgehead atoms. The number of hydrogen-bond donors (Lipinski definition) is 1. The molecule has 230 valence electrons. The van der Waals surface area contributed by atoms with Crippen molar-refractivity contribution in [3.8, 4) is 11.1 Å². The van der Waals surface area contributed by atoms with E-state index < -0.39 is 17.7 Å². The zero-order valence-electron chi connectivity index (χ0n) is 26.1. The third-order valence-corrected chi connectivity index (χ3v) is 9.43. The monoisotopic (exact) mass is 623 g/mol. The van der Waals surface area contributed by atoms with E-state index in [0.717, 1.165) is 73.8 Å². The first-order valence-corrected chi connectivity index (χ1v) is 15.9. The molecular weight excluding hydrogens is 581 g/mol. The normalized spacial score (nSPS) is 17.9. The predicted octanol–water partition coefficient (Wildman–Crippen LogP) is 8.49. The van der Waals surface area contributed by atoms with Crippen molar-refractivity contribution in [2.75, 3.05) is 24.5 Å². The van der Waals surface area contributed by atoms with Crippen LogP contribution < -0.4 is 4.90 Å². The number of anilines is 1. The summed E-state index contributed by atoms with van der Waals surface area (Å²) in [6, 6.07) is 12.7. The van der Waals surface area contributed by atoms with Gasteiger partial charge in [-0.2, -0.15) is 0 Å². The Morgan fingerprint density at radius 2 is 1.81 bits per heavy atom. The van der Waals surface area contributed by atoms with Crippen LogP contribution in [0.2, 0.25) is 10.2 Å². The number of rotatable bonds is 7. The van der Waals surface area contributed by atoms with E-state index in [0.29, 0.717) is 5.56 Å². The van der Waals surface area contributed by atoms with E-state index in [1.807, 2.05) is 32.9 Å². The quantitative estimate of drug-likeness (QED) is 0.266. The number of hydrogen-bond acceptors (Lipinski definition) is 5. The van der Waals surface area contributed by atoms with Gasteiger partial charge in [-0.1, -0.05) is 67.4 Å². The second kappa shape index (κ2) is 12.4. The van der Waals surface area contributed by atoms with Gasteiger partial charge in [0.15, 0.2) is 6.10 Å². The molecule has 1 atom stereocenters. The summed E-state index contributed by atoms with van der Waals surface area (Å²) in [6.45, 7) is 16.5. The number of benzene rings is 2. The van der Waals surface area contributed by atoms with Crippen molar-refractivity contribution in [1.29, 1.82) is 0 Å². The summed E-state index contributed by atoms with van der Waals surface area (Å²) in [5.74, 6) is -1.08. The van der Waals surface area contributed by atoms with Gasteiger partial charge in [0, 0.05) is 49.5 Å². The number of nitrogens with zero attached hydrogens (tertiary/aromatic N) is 3. The second-order valence-electron chi connectivity index (χ2n) is 13.8. The van der Waals surface area contributed by atoms with E-state index in [2.05, 4.69) is 59.8 Å². The zero-order chi connectivity index (χ0) is 31.1. The van der Waals surface area contributed by atoms with Crippen LogP contribution in [0.25, 0.3) is 11.1 Å². The summed E-state index contributed by atoms with van der Waals surface area (Å²) >= 11 is 13.3. The lowest BCUT2D eigenvalue weighted by molar-refractivity contribution is -0.160. The van der Waals surface area contributed by atoms with Crippen molar-refractivity contribution in [2.45, 2.75) is 85.6 Å². The van der Waals surface area contributed by atoms with Crippen LogP contribution in [0.4, 0.5) is 5.69 Å². The number of piperidine rings is 1. The minimum Gasteiger partial charge on any atom is -0.479 e. The van der Waals surface area contributed by atoms with Gasteiger partial charge in [-0.25, -0.2) is 9.78 Å². The van der Waals surface area contributed by atoms with Gasteiger partial charge in [-0.15, -0.1) is 0 Å². The maximum atomic E-state index is 12.7. The molecule has 0 amide bonds. The van der Waals surface area contributed by atoms with Crippen molar-refractivity contribution in [3.05, 3.63) is 80.6 Å². The van der Waals surface area contributed by atoms with E-state index >= 15 is 0 Å². The molecule has 1 aromatic heterocycles. The van der Waals surface area contributed by atoms with Gasteiger partial charge in [-0.3, -0.25) is 4.90 Å². The first-order chi connectivity index (χ1) is 20.2. The molecule has 0 radical (unpaired) electrons. The third-order valence-electron chi connectivity index (χ3n) is 8.77. The van der Waals surface area contributed by atoms with Crippen molar-refractivity contribution in [1.82, 2.24) is 9.88 Å². The number of halogens is 2. The Morgan fingerprint density at radius 1 is 1.09 bits per heavy atom. The third kappa shape index (κ3) is 7.20. The Morgan fingerprint density at radius 3 is 2.47 bits per heavy atom. The molecule has 0 saturated carbocycles. The summed E-state index contributed by atoms with van der Waals surface area (Å²) < 4.78 is 6.13. The first kappa shape index (κ1) is 31.8. The summed E-state index contributed by atoms with van der Waals surface area (Å²) in [5.41, 5.74) is 7.67. The highest BCUT2D eigenvalue weighted by Gasteiger charge is 2.36. The average Bonchev–Trinajstić information content (AvgIpc) is 2.93. The molecule has 3 aromatic rings. The van der Waals surface area contributed by atoms with Crippen molar-refractivity contribution < 1.29 is 14.6 Å². The van der Waals surface area contributed by atoms with Crippen molar-refractivity contribution in [2.24, 2.45) is 5.41 Å². The van der Waals surface area contributed by atoms with Crippen LogP contribution >= 0.6 is 23.2 Å². The molecule has 3 heterocycles. The minimum absolute atomic E-state index is 0.170. The maximum absolute atomic E-state index is 12.7. The SMILES string of the molecule is Cc1cccc(Cl)c1CN1CCc2cc(-c3cnc(Cl)c([C@H](OC(C)(C)C)C(=O)O)c3N3CCC(C)(C)CC3)ccc2C1. The van der Waals surface area contributed by atoms with E-state index in [-0.39, 0.29) is 10.6 Å². The molecule has 6 nitrogen and oxygen atoms in total. The number of fused-ring (bicyclic) bond motifs is 1. The molecule has 1 fully saturated rings. The van der Waals surface area contributed by atoms with Crippen LogP contribution in [0.3, 0.4) is 0 Å². The second-order valence-corrected chi connectivity index (χ2v) is 14.6. The topological polar surface area (TPSA) is 65.9 Å². The Hall–Kier alpha value is -2.64. The summed E-state index contributed by atoms with van der Waals surface area (Å²) in [5, 5.41) is 11.3. The van der Waals surface area contributed by atoms with Crippen LogP contribution in [-0.4, -0.2) is 46.2 Å². The standard InChI is InChI=1S/C35H43Cl2N3O3/c1-22-8-7-9-28(36)27(22)21-39-15-12-23-18-24(10-11-25(23)20-39)26-19-38-32(37)29(31(33(41)42)43-34(2,3)4)30(26)40-16-13-35(5,6)14-17-40/h7-11,18-19,31H,12-17,20-21H2,1-6H3,(H,41,42)/t31-/m0/s1. The fourth-order valence-corrected chi connectivity index (χ4v) is 6.72. The highest BCUT2D eigenvalue weighted by atomic mass is 35.5. The molecule has 0 unspecified atom stereocenters. The minimum atomic E-state index is -1.25. The fourth-order valence-electron chi connectivity index (χ4n) is 6.21. The summed E-state index contributed by atoms with van der Waals surface area (Å²) in [6.07, 6.45) is 3.46. The Labute approximate surface area is 266 Å². The number of carboxylic acids is 1. The molecule has 0 spiro atoms. The zero-order valence-corrected chi connectivity index (χ0v) is 27.6. The van der Waals surface area contributed by atoms with Crippen molar-refractivity contribution in [3.63, 3.8) is 0 Å². The summed E-state index contributed by atoms with van der Waals surface area (Å²) in [7, 11) is 0. The van der Waals surface area contributed by atoms with Gasteiger partial charge in [0.25, 0.3) is 0 Å². The Bertz CT molecular complexity index is 1480. The van der Waals surface area contributed by atoms with Crippen molar-refractivity contribution >= 4 is 34.9 Å². The van der Waals surface area contributed by atoms with Gasteiger partial charge in [0.2, 0.25) is 0 Å². The van der Waals surface area contributed by atoms with Crippen LogP contribution in [0, 0.1) is 12.3 Å². The number of carbonyl (C=O) groups is 1. The van der Waals surface area contributed by atoms with Crippen LogP contribution in [-0.2, 0) is 29.0 Å². The number of aromatic nitrogens is 1. The maximum Gasteiger partial charge on any atom is 0.337 e. The lowest BCUT2D eigenvalue weighted by Crippen LogP contribution is -2.39. The number of ether oxygens (including phenoxy) is 1. The number of aryl methyl sites for hydroxylation is 1. The Kier molecular flexibility index (Phi) is 9.16. The molecule has 5 rings (SSSR count). The molecule has 2 aliphatic rings. The van der Waals surface area contributed by atoms with Crippen LogP contribution in [0.15, 0.2) is 42.6 Å². The highest BCUT2D eigenvalue weighted by molar-refractivity contribution is 6.31. The van der Waals surface area contributed by atoms with Gasteiger partial charge < -0.3 is 14.7 Å². The van der Waals surface area contributed by atoms with E-state index in [1.165, 1.54) is 22.3 Å². The molecule has 1 N–H and O–H groups in total. The van der Waals surface area contributed by atoms with Gasteiger partial charge in [0.05, 0.1) is 16.9 Å². The van der Waals surface area contributed by atoms with Gasteiger partial charge in [-0.05, 0) is 86.3 Å². The molecule has 2 aromatic carbocycles. The number of aliphatic carboxylic acids is 1. The fraction of sp³-hybridized carbons (Fsp3) is 0.486. The largest absolute Gasteiger partial charge is 0.479 e. The molecule has 0 aliphatic carbocycles. The number of pyridine rings is 1. The Balaban J connectivity index is 1.53. The average molecular weight is 625 g/mol. The smallest absolute Gasteiger partial charge is 0.337 e. The van der Waals surface area contributed by atoms with Gasteiger partial charge >= 0.3 is 5.97 Å². The molecule has 43 heavy (non-hydrogen) atoms.